The minimum absolute atomic E-state index is 0.316. The van der Waals surface area contributed by atoms with Gasteiger partial charge in [-0.05, 0) is 54.3 Å². The Morgan fingerprint density at radius 1 is 0.720 bits per heavy atom. The molecule has 3 heteroatoms. The molecule has 0 amide bonds. The van der Waals surface area contributed by atoms with Crippen LogP contribution in [0.4, 0.5) is 17.1 Å². The minimum Gasteiger partial charge on any atom is -0.431 e. The van der Waals surface area contributed by atoms with E-state index in [0.717, 1.165) is 28.0 Å². The molecular formula is C22H17NO2. The first-order valence-electron chi connectivity index (χ1n) is 8.16. The molecule has 3 aromatic carbocycles. The maximum absolute atomic E-state index is 12.2. The second-order valence-electron chi connectivity index (χ2n) is 5.94. The van der Waals surface area contributed by atoms with Crippen molar-refractivity contribution < 1.29 is 4.42 Å². The molecule has 4 aromatic rings. The van der Waals surface area contributed by atoms with Crippen LogP contribution in [0.15, 0.2) is 94.3 Å². The number of aryl methyl sites for hydroxylation is 1. The molecular weight excluding hydrogens is 310 g/mol. The summed E-state index contributed by atoms with van der Waals surface area (Å²) in [4.78, 5) is 14.3. The van der Waals surface area contributed by atoms with Gasteiger partial charge in [0.1, 0.15) is 0 Å². The zero-order chi connectivity index (χ0) is 17.2. The number of hydrogen-bond acceptors (Lipinski definition) is 3. The zero-order valence-corrected chi connectivity index (χ0v) is 13.8. The van der Waals surface area contributed by atoms with Crippen LogP contribution in [0, 0.1) is 6.92 Å². The highest BCUT2D eigenvalue weighted by molar-refractivity contribution is 5.90. The van der Waals surface area contributed by atoms with Crippen LogP contribution >= 0.6 is 0 Å². The Morgan fingerprint density at radius 2 is 1.32 bits per heavy atom. The monoisotopic (exact) mass is 327 g/mol. The number of anilines is 3. The van der Waals surface area contributed by atoms with Gasteiger partial charge in [0, 0.05) is 17.1 Å². The summed E-state index contributed by atoms with van der Waals surface area (Å²) in [6, 6.07) is 26.1. The Balaban J connectivity index is 1.96. The van der Waals surface area contributed by atoms with E-state index in [-0.39, 0.29) is 5.63 Å². The standard InChI is InChI=1S/C22H17NO2/c1-16-15-25-22(24)21-14-19(12-13-20(16)21)23(17-8-4-2-5-9-17)18-10-6-3-7-11-18/h2-15H,1H3. The molecule has 3 nitrogen and oxygen atoms in total. The maximum atomic E-state index is 12.2. The Labute approximate surface area is 145 Å². The molecule has 1 aromatic heterocycles. The van der Waals surface area contributed by atoms with Gasteiger partial charge in [-0.3, -0.25) is 0 Å². The molecule has 0 spiro atoms. The third kappa shape index (κ3) is 2.81. The average Bonchev–Trinajstić information content (AvgIpc) is 2.67. The van der Waals surface area contributed by atoms with Crippen LogP contribution in [0.25, 0.3) is 10.8 Å². The molecule has 0 radical (unpaired) electrons. The number of rotatable bonds is 3. The van der Waals surface area contributed by atoms with Crippen molar-refractivity contribution in [3.05, 3.63) is 101 Å². The van der Waals surface area contributed by atoms with Crippen molar-refractivity contribution >= 4 is 27.8 Å². The smallest absolute Gasteiger partial charge is 0.343 e. The summed E-state index contributed by atoms with van der Waals surface area (Å²) in [5, 5.41) is 1.51. The van der Waals surface area contributed by atoms with E-state index in [1.807, 2.05) is 61.5 Å². The molecule has 122 valence electrons. The normalized spacial score (nSPS) is 10.8. The van der Waals surface area contributed by atoms with Gasteiger partial charge in [-0.2, -0.15) is 0 Å². The number of para-hydroxylation sites is 2. The van der Waals surface area contributed by atoms with Crippen molar-refractivity contribution in [3.8, 4) is 0 Å². The summed E-state index contributed by atoms with van der Waals surface area (Å²) in [6.07, 6.45) is 1.51. The van der Waals surface area contributed by atoms with Crippen molar-refractivity contribution in [1.29, 1.82) is 0 Å². The van der Waals surface area contributed by atoms with Gasteiger partial charge < -0.3 is 9.32 Å². The van der Waals surface area contributed by atoms with E-state index in [0.29, 0.717) is 5.39 Å². The topological polar surface area (TPSA) is 33.5 Å². The summed E-state index contributed by atoms with van der Waals surface area (Å²) < 4.78 is 5.14. The maximum Gasteiger partial charge on any atom is 0.343 e. The van der Waals surface area contributed by atoms with Crippen molar-refractivity contribution in [2.24, 2.45) is 0 Å². The molecule has 0 bridgehead atoms. The highest BCUT2D eigenvalue weighted by atomic mass is 16.4. The van der Waals surface area contributed by atoms with Gasteiger partial charge in [-0.1, -0.05) is 42.5 Å². The van der Waals surface area contributed by atoms with Crippen molar-refractivity contribution in [1.82, 2.24) is 0 Å². The summed E-state index contributed by atoms with van der Waals surface area (Å²) in [6.45, 7) is 1.94. The molecule has 0 aliphatic carbocycles. The molecule has 1 heterocycles. The summed E-state index contributed by atoms with van der Waals surface area (Å²) >= 11 is 0. The molecule has 25 heavy (non-hydrogen) atoms. The molecule has 0 aliphatic heterocycles. The molecule has 0 aliphatic rings. The first-order valence-corrected chi connectivity index (χ1v) is 8.16. The van der Waals surface area contributed by atoms with Gasteiger partial charge in [0.15, 0.2) is 0 Å². The number of fused-ring (bicyclic) bond motifs is 1. The van der Waals surface area contributed by atoms with Crippen molar-refractivity contribution in [2.45, 2.75) is 6.92 Å². The number of benzene rings is 3. The Hall–Kier alpha value is -3.33. The van der Waals surface area contributed by atoms with E-state index in [1.54, 1.807) is 0 Å². The van der Waals surface area contributed by atoms with E-state index < -0.39 is 0 Å². The first kappa shape index (κ1) is 15.2. The molecule has 0 N–H and O–H groups in total. The van der Waals surface area contributed by atoms with Gasteiger partial charge in [-0.25, -0.2) is 4.79 Å². The third-order valence-corrected chi connectivity index (χ3v) is 4.28. The van der Waals surface area contributed by atoms with Crippen LogP contribution in [0.5, 0.6) is 0 Å². The van der Waals surface area contributed by atoms with E-state index in [2.05, 4.69) is 29.2 Å². The molecule has 0 saturated carbocycles. The quantitative estimate of drug-likeness (QED) is 0.493. The van der Waals surface area contributed by atoms with E-state index in [4.69, 9.17) is 4.42 Å². The fourth-order valence-corrected chi connectivity index (χ4v) is 3.05. The summed E-state index contributed by atoms with van der Waals surface area (Å²) in [7, 11) is 0. The predicted molar refractivity (Wildman–Crippen MR) is 102 cm³/mol. The lowest BCUT2D eigenvalue weighted by Crippen LogP contribution is -2.10. The lowest BCUT2D eigenvalue weighted by Gasteiger charge is -2.25. The van der Waals surface area contributed by atoms with Gasteiger partial charge in [0.2, 0.25) is 0 Å². The summed E-state index contributed by atoms with van der Waals surface area (Å²) in [5.41, 5.74) is 3.62. The second kappa shape index (κ2) is 6.29. The van der Waals surface area contributed by atoms with Crippen LogP contribution in [-0.2, 0) is 0 Å². The molecule has 0 atom stereocenters. The van der Waals surface area contributed by atoms with Crippen LogP contribution in [0.2, 0.25) is 0 Å². The molecule has 0 unspecified atom stereocenters. The average molecular weight is 327 g/mol. The highest BCUT2D eigenvalue weighted by Gasteiger charge is 2.13. The zero-order valence-electron chi connectivity index (χ0n) is 13.8. The number of hydrogen-bond donors (Lipinski definition) is 0. The van der Waals surface area contributed by atoms with Crippen molar-refractivity contribution in [2.75, 3.05) is 4.90 Å². The SMILES string of the molecule is Cc1coc(=O)c2cc(N(c3ccccc3)c3ccccc3)ccc12. The van der Waals surface area contributed by atoms with E-state index in [1.165, 1.54) is 6.26 Å². The lowest BCUT2D eigenvalue weighted by atomic mass is 10.1. The molecule has 0 saturated heterocycles. The van der Waals surface area contributed by atoms with Crippen LogP contribution in [0.1, 0.15) is 5.56 Å². The van der Waals surface area contributed by atoms with Gasteiger partial charge in [0.05, 0.1) is 11.6 Å². The minimum atomic E-state index is -0.316. The Kier molecular flexibility index (Phi) is 3.82. The van der Waals surface area contributed by atoms with Gasteiger partial charge >= 0.3 is 5.63 Å². The van der Waals surface area contributed by atoms with Crippen LogP contribution < -0.4 is 10.5 Å². The van der Waals surface area contributed by atoms with Crippen LogP contribution in [0.3, 0.4) is 0 Å². The van der Waals surface area contributed by atoms with Gasteiger partial charge in [-0.15, -0.1) is 0 Å². The predicted octanol–water partition coefficient (Wildman–Crippen LogP) is 5.57. The fourth-order valence-electron chi connectivity index (χ4n) is 3.05. The fraction of sp³-hybridized carbons (Fsp3) is 0.0455. The summed E-state index contributed by atoms with van der Waals surface area (Å²) in [5.74, 6) is 0. The Morgan fingerprint density at radius 3 is 1.92 bits per heavy atom. The third-order valence-electron chi connectivity index (χ3n) is 4.28. The van der Waals surface area contributed by atoms with E-state index >= 15 is 0 Å². The highest BCUT2D eigenvalue weighted by Crippen LogP contribution is 2.35. The van der Waals surface area contributed by atoms with Crippen molar-refractivity contribution in [3.63, 3.8) is 0 Å². The lowest BCUT2D eigenvalue weighted by molar-refractivity contribution is 0.516. The largest absolute Gasteiger partial charge is 0.431 e. The number of nitrogens with zero attached hydrogens (tertiary/aromatic N) is 1. The first-order chi connectivity index (χ1) is 12.2. The molecule has 0 fully saturated rings. The Bertz CT molecular complexity index is 1030. The molecule has 4 rings (SSSR count). The second-order valence-corrected chi connectivity index (χ2v) is 5.94. The van der Waals surface area contributed by atoms with Crippen LogP contribution in [-0.4, -0.2) is 0 Å². The van der Waals surface area contributed by atoms with Gasteiger partial charge in [0.25, 0.3) is 0 Å². The van der Waals surface area contributed by atoms with E-state index in [9.17, 15) is 4.79 Å².